The summed E-state index contributed by atoms with van der Waals surface area (Å²) in [5, 5.41) is 26.6. The molecule has 3 aromatic rings. The van der Waals surface area contributed by atoms with Gasteiger partial charge in [0.25, 0.3) is 0 Å². The SMILES string of the molecule is CCCCc1ccc(CCc2ccc(O)c(OCCc3cc([C@H](C)[C@H](CNC)NC[C@H](C)O)c[nH]3)c2)o1. The molecule has 0 aliphatic rings. The number of aromatic amines is 1. The fraction of sp³-hybridized carbons (Fsp3) is 0.533. The van der Waals surface area contributed by atoms with Gasteiger partial charge in [-0.1, -0.05) is 26.3 Å². The second kappa shape index (κ2) is 14.9. The number of rotatable bonds is 17. The standard InChI is InChI=1S/C30H45N3O4/c1-5-6-7-26-11-12-27(37-26)10-8-23-9-13-29(35)30(16-23)36-15-14-25-17-24(19-32-25)22(3)28(20-31-4)33-18-21(2)34/h9,11-13,16-17,19,21-22,28,31-35H,5-8,10,14-15,18,20H2,1-4H3/t21-,22-,28-/m0/s1. The second-order valence-corrected chi connectivity index (χ2v) is 10.0. The molecule has 0 saturated carbocycles. The molecule has 0 aliphatic heterocycles. The Balaban J connectivity index is 1.50. The maximum absolute atomic E-state index is 10.3. The number of furan rings is 1. The maximum atomic E-state index is 10.3. The van der Waals surface area contributed by atoms with Crippen molar-refractivity contribution in [2.45, 2.75) is 77.4 Å². The van der Waals surface area contributed by atoms with Gasteiger partial charge in [-0.25, -0.2) is 0 Å². The number of benzene rings is 1. The Bertz CT molecular complexity index is 1060. The van der Waals surface area contributed by atoms with Crippen molar-refractivity contribution in [1.29, 1.82) is 0 Å². The van der Waals surface area contributed by atoms with E-state index in [0.717, 1.165) is 61.4 Å². The van der Waals surface area contributed by atoms with E-state index in [1.165, 1.54) is 5.56 Å². The van der Waals surface area contributed by atoms with Gasteiger partial charge in [0, 0.05) is 50.3 Å². The zero-order valence-electron chi connectivity index (χ0n) is 22.8. The summed E-state index contributed by atoms with van der Waals surface area (Å²) < 4.78 is 11.9. The quantitative estimate of drug-likeness (QED) is 0.180. The third-order valence-electron chi connectivity index (χ3n) is 6.80. The van der Waals surface area contributed by atoms with Crippen molar-refractivity contribution < 1.29 is 19.4 Å². The highest BCUT2D eigenvalue weighted by atomic mass is 16.5. The Morgan fingerprint density at radius 3 is 2.51 bits per heavy atom. The number of aliphatic hydroxyl groups is 1. The average Bonchev–Trinajstić information content (AvgIpc) is 3.55. The van der Waals surface area contributed by atoms with Crippen LogP contribution in [0.5, 0.6) is 11.5 Å². The van der Waals surface area contributed by atoms with Gasteiger partial charge >= 0.3 is 0 Å². The molecule has 0 radical (unpaired) electrons. The molecule has 5 N–H and O–H groups in total. The Kier molecular flexibility index (Phi) is 11.6. The molecule has 7 nitrogen and oxygen atoms in total. The summed E-state index contributed by atoms with van der Waals surface area (Å²) in [5.41, 5.74) is 3.41. The molecule has 0 unspecified atom stereocenters. The van der Waals surface area contributed by atoms with Gasteiger partial charge in [-0.3, -0.25) is 0 Å². The van der Waals surface area contributed by atoms with Crippen LogP contribution in [-0.2, 0) is 25.7 Å². The maximum Gasteiger partial charge on any atom is 0.161 e. The van der Waals surface area contributed by atoms with Crippen LogP contribution in [0.15, 0.2) is 47.0 Å². The summed E-state index contributed by atoms with van der Waals surface area (Å²) in [6.45, 7) is 8.01. The molecule has 7 heteroatoms. The third kappa shape index (κ3) is 9.26. The van der Waals surface area contributed by atoms with E-state index < -0.39 is 0 Å². The summed E-state index contributed by atoms with van der Waals surface area (Å²) in [5.74, 6) is 2.99. The second-order valence-electron chi connectivity index (χ2n) is 10.0. The van der Waals surface area contributed by atoms with Gasteiger partial charge in [-0.05, 0) is 74.2 Å². The van der Waals surface area contributed by atoms with Crippen molar-refractivity contribution >= 4 is 0 Å². The zero-order valence-corrected chi connectivity index (χ0v) is 22.8. The number of H-pyrrole nitrogens is 1. The van der Waals surface area contributed by atoms with Crippen molar-refractivity contribution in [3.63, 3.8) is 0 Å². The van der Waals surface area contributed by atoms with Gasteiger partial charge in [0.15, 0.2) is 11.5 Å². The van der Waals surface area contributed by atoms with Crippen LogP contribution < -0.4 is 15.4 Å². The highest BCUT2D eigenvalue weighted by Gasteiger charge is 2.19. The van der Waals surface area contributed by atoms with Crippen molar-refractivity contribution in [3.8, 4) is 11.5 Å². The number of unbranched alkanes of at least 4 members (excludes halogenated alkanes) is 1. The number of aryl methyl sites for hydroxylation is 3. The lowest BCUT2D eigenvalue weighted by atomic mass is 9.95. The minimum Gasteiger partial charge on any atom is -0.504 e. The van der Waals surface area contributed by atoms with Crippen molar-refractivity contribution in [1.82, 2.24) is 15.6 Å². The van der Waals surface area contributed by atoms with E-state index in [4.69, 9.17) is 9.15 Å². The number of aliphatic hydroxyl groups excluding tert-OH is 1. The molecule has 0 amide bonds. The first-order valence-electron chi connectivity index (χ1n) is 13.6. The number of nitrogens with one attached hydrogen (secondary N) is 3. The Labute approximate surface area is 221 Å². The largest absolute Gasteiger partial charge is 0.504 e. The number of likely N-dealkylation sites (N-methyl/N-ethyl adjacent to an activating group) is 1. The normalized spacial score (nSPS) is 14.0. The molecule has 0 saturated heterocycles. The van der Waals surface area contributed by atoms with E-state index in [2.05, 4.69) is 47.7 Å². The van der Waals surface area contributed by atoms with E-state index >= 15 is 0 Å². The van der Waals surface area contributed by atoms with Gasteiger partial charge in [0.05, 0.1) is 12.7 Å². The van der Waals surface area contributed by atoms with Gasteiger partial charge in [0.1, 0.15) is 11.5 Å². The average molecular weight is 512 g/mol. The highest BCUT2D eigenvalue weighted by Crippen LogP contribution is 2.28. The highest BCUT2D eigenvalue weighted by molar-refractivity contribution is 5.42. The molecular formula is C30H45N3O4. The van der Waals surface area contributed by atoms with E-state index in [9.17, 15) is 10.2 Å². The summed E-state index contributed by atoms with van der Waals surface area (Å²) in [4.78, 5) is 3.36. The number of aromatic hydroxyl groups is 1. The third-order valence-corrected chi connectivity index (χ3v) is 6.80. The first kappa shape index (κ1) is 28.8. The van der Waals surface area contributed by atoms with Gasteiger partial charge in [0.2, 0.25) is 0 Å². The molecule has 0 aliphatic carbocycles. The topological polar surface area (TPSA) is 103 Å². The summed E-state index contributed by atoms with van der Waals surface area (Å²) in [6.07, 6.45) is 7.32. The summed E-state index contributed by atoms with van der Waals surface area (Å²) in [6, 6.07) is 12.1. The Morgan fingerprint density at radius 1 is 1.00 bits per heavy atom. The van der Waals surface area contributed by atoms with Crippen LogP contribution in [-0.4, -0.2) is 54.1 Å². The van der Waals surface area contributed by atoms with Crippen LogP contribution >= 0.6 is 0 Å². The predicted molar refractivity (Wildman–Crippen MR) is 149 cm³/mol. The van der Waals surface area contributed by atoms with Gasteiger partial charge in [-0.15, -0.1) is 0 Å². The lowest BCUT2D eigenvalue weighted by molar-refractivity contribution is 0.183. The first-order valence-corrected chi connectivity index (χ1v) is 13.6. The molecule has 3 atom stereocenters. The van der Waals surface area contributed by atoms with E-state index in [1.54, 1.807) is 13.0 Å². The lowest BCUT2D eigenvalue weighted by Crippen LogP contribution is -2.43. The number of phenols is 1. The number of ether oxygens (including phenoxy) is 1. The van der Waals surface area contributed by atoms with Crippen LogP contribution in [0.1, 0.15) is 67.9 Å². The molecule has 0 bridgehead atoms. The molecule has 0 spiro atoms. The number of phenolic OH excluding ortho intramolecular Hbond substituents is 1. The summed E-state index contributed by atoms with van der Waals surface area (Å²) >= 11 is 0. The predicted octanol–water partition coefficient (Wildman–Crippen LogP) is 4.72. The fourth-order valence-electron chi connectivity index (χ4n) is 4.48. The van der Waals surface area contributed by atoms with E-state index in [1.807, 2.05) is 25.4 Å². The minimum atomic E-state index is -0.381. The van der Waals surface area contributed by atoms with Crippen LogP contribution in [0.3, 0.4) is 0 Å². The monoisotopic (exact) mass is 511 g/mol. The van der Waals surface area contributed by atoms with E-state index in [-0.39, 0.29) is 23.8 Å². The lowest BCUT2D eigenvalue weighted by Gasteiger charge is -2.25. The Morgan fingerprint density at radius 2 is 1.78 bits per heavy atom. The zero-order chi connectivity index (χ0) is 26.6. The number of hydrogen-bond acceptors (Lipinski definition) is 6. The summed E-state index contributed by atoms with van der Waals surface area (Å²) in [7, 11) is 1.94. The van der Waals surface area contributed by atoms with Crippen LogP contribution in [0.2, 0.25) is 0 Å². The van der Waals surface area contributed by atoms with Crippen molar-refractivity contribution in [2.75, 3.05) is 26.7 Å². The molecule has 1 aromatic carbocycles. The van der Waals surface area contributed by atoms with Crippen LogP contribution in [0.25, 0.3) is 0 Å². The molecule has 2 heterocycles. The van der Waals surface area contributed by atoms with E-state index in [0.29, 0.717) is 25.3 Å². The van der Waals surface area contributed by atoms with Crippen LogP contribution in [0, 0.1) is 0 Å². The molecule has 0 fully saturated rings. The van der Waals surface area contributed by atoms with Crippen LogP contribution in [0.4, 0.5) is 0 Å². The molecule has 204 valence electrons. The number of aromatic nitrogens is 1. The smallest absolute Gasteiger partial charge is 0.161 e. The van der Waals surface area contributed by atoms with Gasteiger partial charge in [-0.2, -0.15) is 0 Å². The molecule has 2 aromatic heterocycles. The molecule has 3 rings (SSSR count). The Hall–Kier alpha value is -2.74. The van der Waals surface area contributed by atoms with Crippen molar-refractivity contribution in [3.05, 3.63) is 70.9 Å². The fourth-order valence-corrected chi connectivity index (χ4v) is 4.48. The van der Waals surface area contributed by atoms with Gasteiger partial charge < -0.3 is 35.0 Å². The number of hydrogen-bond donors (Lipinski definition) is 5. The van der Waals surface area contributed by atoms with Crippen molar-refractivity contribution in [2.24, 2.45) is 0 Å². The molecular weight excluding hydrogens is 466 g/mol. The molecule has 37 heavy (non-hydrogen) atoms. The minimum absolute atomic E-state index is 0.156. The first-order chi connectivity index (χ1) is 17.9.